The van der Waals surface area contributed by atoms with E-state index >= 15 is 0 Å². The SMILES string of the molecule is C=C1CN(Cc2cccc(Cl)c2Cl)CC/C1=C(/N=CC)c1nccs1. The molecule has 0 aliphatic carbocycles. The van der Waals surface area contributed by atoms with E-state index in [9.17, 15) is 0 Å². The zero-order valence-electron chi connectivity index (χ0n) is 14.0. The van der Waals surface area contributed by atoms with Crippen LogP contribution in [-0.2, 0) is 6.54 Å². The van der Waals surface area contributed by atoms with Gasteiger partial charge in [0.15, 0.2) is 0 Å². The van der Waals surface area contributed by atoms with Gasteiger partial charge in [-0.25, -0.2) is 4.98 Å². The minimum absolute atomic E-state index is 0.596. The van der Waals surface area contributed by atoms with Crippen molar-refractivity contribution in [1.29, 1.82) is 0 Å². The molecular formula is C19H19Cl2N3S. The molecular weight excluding hydrogens is 373 g/mol. The fraction of sp³-hybridized carbons (Fsp3) is 0.263. The number of likely N-dealkylation sites (tertiary alicyclic amines) is 1. The Bertz CT molecular complexity index is 825. The van der Waals surface area contributed by atoms with E-state index in [4.69, 9.17) is 23.2 Å². The van der Waals surface area contributed by atoms with Gasteiger partial charge in [0.05, 0.1) is 10.0 Å². The Labute approximate surface area is 162 Å². The molecule has 1 fully saturated rings. The van der Waals surface area contributed by atoms with Crippen LogP contribution in [0.5, 0.6) is 0 Å². The number of thiazole rings is 1. The van der Waals surface area contributed by atoms with Crippen LogP contribution in [0.2, 0.25) is 10.0 Å². The second-order valence-corrected chi connectivity index (χ2v) is 7.51. The molecule has 1 aromatic carbocycles. The Morgan fingerprint density at radius 2 is 2.28 bits per heavy atom. The van der Waals surface area contributed by atoms with Crippen LogP contribution in [-0.4, -0.2) is 29.2 Å². The maximum atomic E-state index is 6.32. The molecule has 3 nitrogen and oxygen atoms in total. The first-order chi connectivity index (χ1) is 12.1. The van der Waals surface area contributed by atoms with Crippen molar-refractivity contribution in [3.05, 3.63) is 68.1 Å². The first-order valence-corrected chi connectivity index (χ1v) is 9.68. The minimum atomic E-state index is 0.596. The third kappa shape index (κ3) is 4.21. The Balaban J connectivity index is 1.79. The van der Waals surface area contributed by atoms with Gasteiger partial charge < -0.3 is 0 Å². The van der Waals surface area contributed by atoms with Gasteiger partial charge in [-0.05, 0) is 36.1 Å². The second-order valence-electron chi connectivity index (χ2n) is 5.83. The summed E-state index contributed by atoms with van der Waals surface area (Å²) in [4.78, 5) is 11.3. The van der Waals surface area contributed by atoms with Gasteiger partial charge in [-0.3, -0.25) is 9.89 Å². The van der Waals surface area contributed by atoms with Crippen LogP contribution in [0.25, 0.3) is 5.70 Å². The van der Waals surface area contributed by atoms with Crippen molar-refractivity contribution in [1.82, 2.24) is 9.88 Å². The molecule has 0 atom stereocenters. The van der Waals surface area contributed by atoms with E-state index in [0.717, 1.165) is 47.9 Å². The zero-order chi connectivity index (χ0) is 17.8. The van der Waals surface area contributed by atoms with E-state index in [1.807, 2.05) is 42.9 Å². The molecule has 0 N–H and O–H groups in total. The van der Waals surface area contributed by atoms with E-state index in [0.29, 0.717) is 10.0 Å². The van der Waals surface area contributed by atoms with Gasteiger partial charge in [0.25, 0.3) is 0 Å². The predicted molar refractivity (Wildman–Crippen MR) is 109 cm³/mol. The Morgan fingerprint density at radius 3 is 2.96 bits per heavy atom. The number of aromatic nitrogens is 1. The molecule has 1 aliphatic rings. The molecule has 6 heteroatoms. The predicted octanol–water partition coefficient (Wildman–Crippen LogP) is 5.71. The smallest absolute Gasteiger partial charge is 0.142 e. The van der Waals surface area contributed by atoms with Crippen molar-refractivity contribution in [3.63, 3.8) is 0 Å². The molecule has 0 radical (unpaired) electrons. The van der Waals surface area contributed by atoms with Crippen LogP contribution < -0.4 is 0 Å². The summed E-state index contributed by atoms with van der Waals surface area (Å²) in [5.74, 6) is 0. The highest BCUT2D eigenvalue weighted by atomic mass is 35.5. The highest BCUT2D eigenvalue weighted by Gasteiger charge is 2.22. The molecule has 2 heterocycles. The van der Waals surface area contributed by atoms with Gasteiger partial charge in [0.1, 0.15) is 10.7 Å². The first-order valence-electron chi connectivity index (χ1n) is 8.05. The highest BCUT2D eigenvalue weighted by Crippen LogP contribution is 2.33. The molecule has 1 aliphatic heterocycles. The third-order valence-corrected chi connectivity index (χ3v) is 5.76. The number of piperidine rings is 1. The van der Waals surface area contributed by atoms with Crippen molar-refractivity contribution in [2.45, 2.75) is 19.9 Å². The van der Waals surface area contributed by atoms with Crippen molar-refractivity contribution in [2.24, 2.45) is 4.99 Å². The summed E-state index contributed by atoms with van der Waals surface area (Å²) >= 11 is 14.0. The molecule has 0 saturated carbocycles. The van der Waals surface area contributed by atoms with Crippen molar-refractivity contribution in [2.75, 3.05) is 13.1 Å². The van der Waals surface area contributed by atoms with Gasteiger partial charge >= 0.3 is 0 Å². The lowest BCUT2D eigenvalue weighted by Gasteiger charge is -2.31. The maximum Gasteiger partial charge on any atom is 0.142 e. The number of rotatable bonds is 4. The van der Waals surface area contributed by atoms with E-state index in [1.165, 1.54) is 5.57 Å². The largest absolute Gasteiger partial charge is 0.294 e. The third-order valence-electron chi connectivity index (χ3n) is 4.12. The summed E-state index contributed by atoms with van der Waals surface area (Å²) in [5, 5.41) is 4.15. The quantitative estimate of drug-likeness (QED) is 0.623. The number of hydrogen-bond acceptors (Lipinski definition) is 4. The van der Waals surface area contributed by atoms with Crippen molar-refractivity contribution in [3.8, 4) is 0 Å². The summed E-state index contributed by atoms with van der Waals surface area (Å²) in [5.41, 5.74) is 4.27. The number of hydrogen-bond donors (Lipinski definition) is 0. The summed E-state index contributed by atoms with van der Waals surface area (Å²) < 4.78 is 0. The zero-order valence-corrected chi connectivity index (χ0v) is 16.3. The molecule has 2 aromatic rings. The molecule has 1 aromatic heterocycles. The molecule has 0 bridgehead atoms. The monoisotopic (exact) mass is 391 g/mol. The van der Waals surface area contributed by atoms with Gasteiger partial charge in [0.2, 0.25) is 0 Å². The van der Waals surface area contributed by atoms with Crippen LogP contribution in [0.4, 0.5) is 0 Å². The van der Waals surface area contributed by atoms with E-state index in [2.05, 4.69) is 21.5 Å². The topological polar surface area (TPSA) is 28.5 Å². The second kappa shape index (κ2) is 8.28. The molecule has 0 spiro atoms. The van der Waals surface area contributed by atoms with Crippen LogP contribution in [0.1, 0.15) is 23.9 Å². The first kappa shape index (κ1) is 18.3. The van der Waals surface area contributed by atoms with Crippen molar-refractivity contribution < 1.29 is 0 Å². The number of aliphatic imine (C=N–C) groups is 1. The van der Waals surface area contributed by atoms with Gasteiger partial charge in [-0.2, -0.15) is 0 Å². The van der Waals surface area contributed by atoms with Gasteiger partial charge in [-0.1, -0.05) is 41.9 Å². The fourth-order valence-electron chi connectivity index (χ4n) is 2.96. The lowest BCUT2D eigenvalue weighted by atomic mass is 9.96. The van der Waals surface area contributed by atoms with Gasteiger partial charge in [0, 0.05) is 37.4 Å². The highest BCUT2D eigenvalue weighted by molar-refractivity contribution is 7.10. The Kier molecular flexibility index (Phi) is 6.07. The molecule has 0 unspecified atom stereocenters. The van der Waals surface area contributed by atoms with Crippen LogP contribution in [0.3, 0.4) is 0 Å². The average molecular weight is 392 g/mol. The molecule has 25 heavy (non-hydrogen) atoms. The Morgan fingerprint density at radius 1 is 1.44 bits per heavy atom. The molecule has 1 saturated heterocycles. The number of halogens is 2. The maximum absolute atomic E-state index is 6.32. The summed E-state index contributed by atoms with van der Waals surface area (Å²) in [6, 6.07) is 5.77. The molecule has 3 rings (SSSR count). The number of benzene rings is 1. The van der Waals surface area contributed by atoms with Crippen LogP contribution >= 0.6 is 34.5 Å². The van der Waals surface area contributed by atoms with Crippen molar-refractivity contribution >= 4 is 46.5 Å². The van der Waals surface area contributed by atoms with Gasteiger partial charge in [-0.15, -0.1) is 11.3 Å². The van der Waals surface area contributed by atoms with Crippen LogP contribution in [0, 0.1) is 0 Å². The molecule has 130 valence electrons. The van der Waals surface area contributed by atoms with E-state index in [-0.39, 0.29) is 0 Å². The lowest BCUT2D eigenvalue weighted by molar-refractivity contribution is 0.277. The Hall–Kier alpha value is -1.46. The lowest BCUT2D eigenvalue weighted by Crippen LogP contribution is -2.32. The van der Waals surface area contributed by atoms with E-state index < -0.39 is 0 Å². The summed E-state index contributed by atoms with van der Waals surface area (Å²) in [6.07, 6.45) is 4.52. The molecule has 0 amide bonds. The fourth-order valence-corrected chi connectivity index (χ4v) is 3.99. The normalized spacial score (nSPS) is 18.1. The average Bonchev–Trinajstić information content (AvgIpc) is 3.12. The minimum Gasteiger partial charge on any atom is -0.294 e. The summed E-state index contributed by atoms with van der Waals surface area (Å²) in [6.45, 7) is 8.67. The number of nitrogens with zero attached hydrogens (tertiary/aromatic N) is 3. The van der Waals surface area contributed by atoms with Crippen LogP contribution in [0.15, 0.2) is 52.5 Å². The summed E-state index contributed by atoms with van der Waals surface area (Å²) in [7, 11) is 0. The van der Waals surface area contributed by atoms with E-state index in [1.54, 1.807) is 11.3 Å². The standard InChI is InChI=1S/C19H19Cl2N3S/c1-3-22-18(19-23-8-10-25-19)15-7-9-24(11-13(15)2)12-14-5-4-6-16(20)17(14)21/h3-6,8,10H,2,7,9,11-12H2,1H3/b18-15-,22-3?.